The summed E-state index contributed by atoms with van der Waals surface area (Å²) in [6.07, 6.45) is 10.9. The number of amides is 2. The Labute approximate surface area is 193 Å². The maximum Gasteiger partial charge on any atom is 0.243 e. The van der Waals surface area contributed by atoms with Gasteiger partial charge in [-0.3, -0.25) is 19.3 Å². The van der Waals surface area contributed by atoms with Crippen LogP contribution in [0.2, 0.25) is 0 Å². The summed E-state index contributed by atoms with van der Waals surface area (Å²) in [7, 11) is 0. The lowest BCUT2D eigenvalue weighted by Crippen LogP contribution is -2.58. The van der Waals surface area contributed by atoms with Crippen molar-refractivity contribution in [1.82, 2.24) is 25.0 Å². The lowest BCUT2D eigenvalue weighted by Gasteiger charge is -2.35. The molecule has 0 spiro atoms. The maximum absolute atomic E-state index is 13.2. The molecule has 7 nitrogen and oxygen atoms in total. The zero-order valence-electron chi connectivity index (χ0n) is 18.7. The van der Waals surface area contributed by atoms with Crippen LogP contribution >= 0.6 is 0 Å². The molecule has 3 aromatic rings. The third-order valence-corrected chi connectivity index (χ3v) is 6.68. The lowest BCUT2D eigenvalue weighted by atomic mass is 9.98. The maximum atomic E-state index is 13.2. The fourth-order valence-electron chi connectivity index (χ4n) is 4.94. The van der Waals surface area contributed by atoms with Gasteiger partial charge >= 0.3 is 0 Å². The molecule has 2 aromatic heterocycles. The Morgan fingerprint density at radius 1 is 1.09 bits per heavy atom. The Balaban J connectivity index is 1.29. The van der Waals surface area contributed by atoms with E-state index in [4.69, 9.17) is 0 Å². The third kappa shape index (κ3) is 4.67. The third-order valence-electron chi connectivity index (χ3n) is 6.68. The lowest BCUT2D eigenvalue weighted by molar-refractivity contribution is -0.143. The van der Waals surface area contributed by atoms with Crippen molar-refractivity contribution >= 4 is 11.8 Å². The van der Waals surface area contributed by atoms with Crippen molar-refractivity contribution in [3.8, 4) is 11.1 Å². The number of hydrogen-bond acceptors (Lipinski definition) is 4. The second kappa shape index (κ2) is 9.57. The van der Waals surface area contributed by atoms with Gasteiger partial charge in [-0.05, 0) is 54.0 Å². The first-order valence-corrected chi connectivity index (χ1v) is 11.8. The van der Waals surface area contributed by atoms with Gasteiger partial charge in [-0.25, -0.2) is 0 Å². The van der Waals surface area contributed by atoms with Crippen molar-refractivity contribution in [3.63, 3.8) is 0 Å². The van der Waals surface area contributed by atoms with E-state index in [1.54, 1.807) is 11.1 Å². The Kier molecular flexibility index (Phi) is 6.19. The zero-order chi connectivity index (χ0) is 22.6. The van der Waals surface area contributed by atoms with Gasteiger partial charge in [0, 0.05) is 50.6 Å². The monoisotopic (exact) mass is 443 g/mol. The molecule has 0 radical (unpaired) electrons. The Bertz CT molecular complexity index is 1140. The molecule has 3 heterocycles. The van der Waals surface area contributed by atoms with Gasteiger partial charge in [0.2, 0.25) is 11.8 Å². The largest absolute Gasteiger partial charge is 0.353 e. The number of benzene rings is 1. The minimum atomic E-state index is -0.498. The highest BCUT2D eigenvalue weighted by Crippen LogP contribution is 2.23. The summed E-state index contributed by atoms with van der Waals surface area (Å²) in [6, 6.07) is 11.6. The van der Waals surface area contributed by atoms with Crippen LogP contribution in [0.1, 0.15) is 36.1 Å². The molecule has 1 N–H and O–H groups in total. The molecule has 0 bridgehead atoms. The predicted octanol–water partition coefficient (Wildman–Crippen LogP) is 2.78. The van der Waals surface area contributed by atoms with Crippen molar-refractivity contribution in [2.24, 2.45) is 0 Å². The molecule has 1 atom stereocenters. The number of hydrogen-bond donors (Lipinski definition) is 1. The normalized spacial score (nSPS) is 18.0. The minimum Gasteiger partial charge on any atom is -0.353 e. The van der Waals surface area contributed by atoms with E-state index in [2.05, 4.69) is 21.5 Å². The zero-order valence-corrected chi connectivity index (χ0v) is 18.7. The number of nitrogens with one attached hydrogen (secondary N) is 1. The number of fused-ring (bicyclic) bond motifs is 1. The van der Waals surface area contributed by atoms with Gasteiger partial charge in [-0.2, -0.15) is 5.10 Å². The first-order valence-electron chi connectivity index (χ1n) is 11.8. The van der Waals surface area contributed by atoms with Crippen molar-refractivity contribution in [3.05, 3.63) is 71.8 Å². The van der Waals surface area contributed by atoms with Crippen LogP contribution in [0.15, 0.2) is 55.0 Å². The molecule has 170 valence electrons. The molecule has 7 heteroatoms. The Morgan fingerprint density at radius 2 is 1.97 bits per heavy atom. The molecule has 1 fully saturated rings. The molecule has 1 aliphatic carbocycles. The van der Waals surface area contributed by atoms with Gasteiger partial charge in [0.05, 0.1) is 6.20 Å². The van der Waals surface area contributed by atoms with Crippen LogP contribution in [-0.2, 0) is 35.4 Å². The summed E-state index contributed by atoms with van der Waals surface area (Å²) in [5.41, 5.74) is 5.70. The van der Waals surface area contributed by atoms with E-state index in [0.29, 0.717) is 32.5 Å². The molecule has 0 unspecified atom stereocenters. The minimum absolute atomic E-state index is 0.0123. The average Bonchev–Trinajstić information content (AvgIpc) is 3.28. The van der Waals surface area contributed by atoms with Crippen molar-refractivity contribution in [1.29, 1.82) is 0 Å². The van der Waals surface area contributed by atoms with Crippen LogP contribution < -0.4 is 5.32 Å². The SMILES string of the molecule is O=C1NCCN(C(=O)CCn2ncc3c2CCCC3)[C@@H]1Cc1cccc(-c2cccnc2)c1. The average molecular weight is 444 g/mol. The van der Waals surface area contributed by atoms with Crippen LogP contribution in [0.25, 0.3) is 11.1 Å². The van der Waals surface area contributed by atoms with Gasteiger partial charge in [-0.1, -0.05) is 30.3 Å². The van der Waals surface area contributed by atoms with E-state index in [9.17, 15) is 9.59 Å². The van der Waals surface area contributed by atoms with Crippen LogP contribution in [0.4, 0.5) is 0 Å². The summed E-state index contributed by atoms with van der Waals surface area (Å²) in [6.45, 7) is 1.60. The first kappa shape index (κ1) is 21.4. The summed E-state index contributed by atoms with van der Waals surface area (Å²) in [5.74, 6) is -0.0730. The standard InChI is InChI=1S/C26H29N5O2/c32-25(10-13-31-23-9-2-1-6-22(23)18-29-31)30-14-12-28-26(33)24(30)16-19-5-3-7-20(15-19)21-8-4-11-27-17-21/h3-5,7-8,11,15,17-18,24H,1-2,6,9-10,12-14,16H2,(H,28,33)/t24-/m1/s1. The number of nitrogens with zero attached hydrogens (tertiary/aromatic N) is 4. The number of rotatable bonds is 6. The van der Waals surface area contributed by atoms with E-state index >= 15 is 0 Å². The van der Waals surface area contributed by atoms with E-state index in [-0.39, 0.29) is 11.8 Å². The van der Waals surface area contributed by atoms with Gasteiger partial charge in [0.15, 0.2) is 0 Å². The van der Waals surface area contributed by atoms with E-state index in [1.165, 1.54) is 24.1 Å². The summed E-state index contributed by atoms with van der Waals surface area (Å²) in [4.78, 5) is 31.9. The number of aryl methyl sites for hydroxylation is 2. The quantitative estimate of drug-likeness (QED) is 0.635. The topological polar surface area (TPSA) is 80.1 Å². The second-order valence-electron chi connectivity index (χ2n) is 8.84. The molecule has 33 heavy (non-hydrogen) atoms. The summed E-state index contributed by atoms with van der Waals surface area (Å²) < 4.78 is 1.99. The van der Waals surface area contributed by atoms with Crippen molar-refractivity contribution < 1.29 is 9.59 Å². The smallest absolute Gasteiger partial charge is 0.243 e. The molecule has 0 saturated carbocycles. The molecular weight excluding hydrogens is 414 g/mol. The van der Waals surface area contributed by atoms with Crippen LogP contribution in [0.3, 0.4) is 0 Å². The van der Waals surface area contributed by atoms with E-state index in [0.717, 1.165) is 29.5 Å². The van der Waals surface area contributed by atoms with Crippen molar-refractivity contribution in [2.45, 2.75) is 51.1 Å². The number of pyridine rings is 1. The molecule has 1 aliphatic heterocycles. The second-order valence-corrected chi connectivity index (χ2v) is 8.84. The molecule has 5 rings (SSSR count). The van der Waals surface area contributed by atoms with Crippen LogP contribution in [0, 0.1) is 0 Å². The molecule has 2 aliphatic rings. The van der Waals surface area contributed by atoms with Gasteiger partial charge in [-0.15, -0.1) is 0 Å². The van der Waals surface area contributed by atoms with E-state index in [1.807, 2.05) is 47.4 Å². The van der Waals surface area contributed by atoms with E-state index < -0.39 is 6.04 Å². The number of aromatic nitrogens is 3. The first-order chi connectivity index (χ1) is 16.2. The van der Waals surface area contributed by atoms with Crippen LogP contribution in [-0.4, -0.2) is 50.6 Å². The number of carbonyl (C=O) groups excluding carboxylic acids is 2. The Morgan fingerprint density at radius 3 is 2.85 bits per heavy atom. The summed E-state index contributed by atoms with van der Waals surface area (Å²) in [5, 5.41) is 7.45. The van der Waals surface area contributed by atoms with Crippen molar-refractivity contribution in [2.75, 3.05) is 13.1 Å². The fraction of sp³-hybridized carbons (Fsp3) is 0.385. The number of carbonyl (C=O) groups is 2. The summed E-state index contributed by atoms with van der Waals surface area (Å²) >= 11 is 0. The van der Waals surface area contributed by atoms with Gasteiger partial charge in [0.25, 0.3) is 0 Å². The molecule has 1 saturated heterocycles. The highest BCUT2D eigenvalue weighted by atomic mass is 16.2. The highest BCUT2D eigenvalue weighted by molar-refractivity contribution is 5.89. The predicted molar refractivity (Wildman–Crippen MR) is 125 cm³/mol. The molecule has 2 amide bonds. The molecular formula is C26H29N5O2. The highest BCUT2D eigenvalue weighted by Gasteiger charge is 2.33. The fourth-order valence-corrected chi connectivity index (χ4v) is 4.94. The molecule has 1 aromatic carbocycles. The van der Waals surface area contributed by atoms with Crippen LogP contribution in [0.5, 0.6) is 0 Å². The van der Waals surface area contributed by atoms with Gasteiger partial charge < -0.3 is 10.2 Å². The Hall–Kier alpha value is -3.48. The van der Waals surface area contributed by atoms with Gasteiger partial charge in [0.1, 0.15) is 6.04 Å². The number of piperazine rings is 1.